The third-order valence-electron chi connectivity index (χ3n) is 6.72. The Morgan fingerprint density at radius 2 is 1.71 bits per heavy atom. The molecule has 1 aliphatic heterocycles. The van der Waals surface area contributed by atoms with Gasteiger partial charge in [0.05, 0.1) is 23.9 Å². The third-order valence-corrected chi connectivity index (χ3v) is 6.72. The van der Waals surface area contributed by atoms with Crippen LogP contribution in [-0.4, -0.2) is 59.5 Å². The van der Waals surface area contributed by atoms with E-state index in [2.05, 4.69) is 10.6 Å². The summed E-state index contributed by atoms with van der Waals surface area (Å²) < 4.78 is 0. The molecule has 198 valence electrons. The van der Waals surface area contributed by atoms with Gasteiger partial charge >= 0.3 is 5.97 Å². The number of carbonyl (C=O) groups is 5. The van der Waals surface area contributed by atoms with E-state index in [1.165, 1.54) is 4.90 Å². The minimum Gasteiger partial charge on any atom is -0.481 e. The Morgan fingerprint density at radius 1 is 1.03 bits per heavy atom. The van der Waals surface area contributed by atoms with Crippen molar-refractivity contribution in [3.8, 4) is 0 Å². The van der Waals surface area contributed by atoms with Gasteiger partial charge in [-0.3, -0.25) is 24.1 Å². The first-order valence-corrected chi connectivity index (χ1v) is 12.7. The lowest BCUT2D eigenvalue weighted by Crippen LogP contribution is -2.52. The monoisotopic (exact) mass is 518 g/mol. The topological polar surface area (TPSA) is 145 Å². The number of fused-ring (bicyclic) bond motifs is 1. The first-order valence-electron chi connectivity index (χ1n) is 12.7. The fraction of sp³-hybridized carbons (Fsp3) is 0.357. The quantitative estimate of drug-likeness (QED) is 0.433. The first kappa shape index (κ1) is 26.7. The number of rotatable bonds is 9. The van der Waals surface area contributed by atoms with Crippen molar-refractivity contribution in [1.82, 2.24) is 10.6 Å². The van der Waals surface area contributed by atoms with Crippen molar-refractivity contribution >= 4 is 41.4 Å². The van der Waals surface area contributed by atoms with E-state index in [9.17, 15) is 24.0 Å². The number of carboxylic acids is 1. The molecule has 1 aliphatic carbocycles. The average Bonchev–Trinajstić information content (AvgIpc) is 3.04. The molecule has 3 amide bonds. The summed E-state index contributed by atoms with van der Waals surface area (Å²) in [5.41, 5.74) is 2.22. The molecule has 2 aromatic rings. The number of benzene rings is 2. The second-order valence-corrected chi connectivity index (χ2v) is 9.44. The van der Waals surface area contributed by atoms with E-state index in [-0.39, 0.29) is 11.8 Å². The number of aliphatic imine (C=N–C) groups is 1. The number of carboxylic acid groups (broad SMARTS) is 1. The molecule has 1 fully saturated rings. The summed E-state index contributed by atoms with van der Waals surface area (Å²) in [5.74, 6) is -3.03. The van der Waals surface area contributed by atoms with E-state index in [1.54, 1.807) is 24.3 Å². The molecule has 0 spiro atoms. The van der Waals surface area contributed by atoms with Gasteiger partial charge in [-0.15, -0.1) is 0 Å². The highest BCUT2D eigenvalue weighted by Gasteiger charge is 2.35. The number of aliphatic carboxylic acids is 1. The average molecular weight is 519 g/mol. The molecule has 0 aromatic heterocycles. The van der Waals surface area contributed by atoms with Crippen molar-refractivity contribution < 1.29 is 29.1 Å². The van der Waals surface area contributed by atoms with Crippen LogP contribution in [-0.2, 0) is 24.0 Å². The van der Waals surface area contributed by atoms with E-state index in [4.69, 9.17) is 10.1 Å². The van der Waals surface area contributed by atoms with E-state index in [0.717, 1.165) is 37.7 Å². The number of anilines is 1. The van der Waals surface area contributed by atoms with Crippen molar-refractivity contribution in [3.05, 3.63) is 65.7 Å². The van der Waals surface area contributed by atoms with Crippen molar-refractivity contribution in [2.75, 3.05) is 11.4 Å². The highest BCUT2D eigenvalue weighted by atomic mass is 16.4. The van der Waals surface area contributed by atoms with Crippen molar-refractivity contribution in [1.29, 1.82) is 0 Å². The molecule has 2 atom stereocenters. The van der Waals surface area contributed by atoms with Gasteiger partial charge in [-0.2, -0.15) is 0 Å². The Bertz CT molecular complexity index is 1240. The molecule has 0 bridgehead atoms. The van der Waals surface area contributed by atoms with Gasteiger partial charge in [0.1, 0.15) is 12.8 Å². The zero-order valence-electron chi connectivity index (χ0n) is 20.8. The number of benzodiazepines with no additional fused rings is 1. The number of carbonyl (C=O) groups excluding carboxylic acids is 4. The van der Waals surface area contributed by atoms with E-state index < -0.39 is 43.0 Å². The molecular formula is C28H30N4O6. The molecule has 3 N–H and O–H groups in total. The van der Waals surface area contributed by atoms with Gasteiger partial charge in [-0.1, -0.05) is 67.8 Å². The number of aldehydes is 1. The molecule has 0 radical (unpaired) electrons. The van der Waals surface area contributed by atoms with Crippen molar-refractivity contribution in [3.63, 3.8) is 0 Å². The fourth-order valence-corrected chi connectivity index (χ4v) is 4.85. The van der Waals surface area contributed by atoms with Gasteiger partial charge in [0.2, 0.25) is 18.0 Å². The fourth-order valence-electron chi connectivity index (χ4n) is 4.85. The van der Waals surface area contributed by atoms with Crippen LogP contribution in [0.1, 0.15) is 49.7 Å². The molecule has 1 heterocycles. The number of amides is 3. The Morgan fingerprint density at radius 3 is 2.39 bits per heavy atom. The minimum atomic E-state index is -1.28. The summed E-state index contributed by atoms with van der Waals surface area (Å²) in [4.78, 5) is 68.1. The molecule has 38 heavy (non-hydrogen) atoms. The number of hydrogen-bond acceptors (Lipinski definition) is 6. The van der Waals surface area contributed by atoms with Crippen molar-refractivity contribution in [2.24, 2.45) is 10.9 Å². The zero-order valence-corrected chi connectivity index (χ0v) is 20.8. The van der Waals surface area contributed by atoms with E-state index >= 15 is 0 Å². The van der Waals surface area contributed by atoms with Gasteiger partial charge < -0.3 is 20.5 Å². The van der Waals surface area contributed by atoms with Gasteiger partial charge in [-0.05, 0) is 18.9 Å². The van der Waals surface area contributed by atoms with Crippen LogP contribution in [0.15, 0.2) is 59.6 Å². The second kappa shape index (κ2) is 12.3. The maximum atomic E-state index is 13.8. The van der Waals surface area contributed by atoms with Gasteiger partial charge in [0, 0.05) is 17.0 Å². The van der Waals surface area contributed by atoms with Crippen LogP contribution in [0.2, 0.25) is 0 Å². The van der Waals surface area contributed by atoms with Crippen LogP contribution >= 0.6 is 0 Å². The Kier molecular flexibility index (Phi) is 8.62. The highest BCUT2D eigenvalue weighted by Crippen LogP contribution is 2.29. The molecular weight excluding hydrogens is 488 g/mol. The normalized spacial score (nSPS) is 18.4. The number of hydrogen-bond donors (Lipinski definition) is 3. The van der Waals surface area contributed by atoms with E-state index in [1.807, 2.05) is 30.3 Å². The first-order chi connectivity index (χ1) is 18.4. The molecule has 0 saturated heterocycles. The summed E-state index contributed by atoms with van der Waals surface area (Å²) in [6.45, 7) is -0.493. The molecule has 4 rings (SSSR count). The summed E-state index contributed by atoms with van der Waals surface area (Å²) >= 11 is 0. The smallest absolute Gasteiger partial charge is 0.305 e. The van der Waals surface area contributed by atoms with Crippen LogP contribution < -0.4 is 15.5 Å². The van der Waals surface area contributed by atoms with Gasteiger partial charge in [0.25, 0.3) is 5.91 Å². The molecule has 10 heteroatoms. The summed E-state index contributed by atoms with van der Waals surface area (Å²) in [7, 11) is 0. The SMILES string of the molecule is O=C[C@H](CC(=O)O)NC(=O)CN1C(=O)C(NC(=O)C2CCCCC2)N=C(c2ccccc2)c2ccccc21. The van der Waals surface area contributed by atoms with Crippen LogP contribution in [0, 0.1) is 5.92 Å². The predicted molar refractivity (Wildman–Crippen MR) is 140 cm³/mol. The molecule has 2 aromatic carbocycles. The highest BCUT2D eigenvalue weighted by molar-refractivity contribution is 6.21. The van der Waals surface area contributed by atoms with Crippen molar-refractivity contribution in [2.45, 2.75) is 50.7 Å². The van der Waals surface area contributed by atoms with Crippen LogP contribution in [0.5, 0.6) is 0 Å². The lowest BCUT2D eigenvalue weighted by molar-refractivity contribution is -0.138. The largest absolute Gasteiger partial charge is 0.481 e. The molecule has 2 aliphatic rings. The molecule has 1 saturated carbocycles. The predicted octanol–water partition coefficient (Wildman–Crippen LogP) is 2.05. The Balaban J connectivity index is 1.69. The number of nitrogens with zero attached hydrogens (tertiary/aromatic N) is 2. The zero-order chi connectivity index (χ0) is 27.1. The maximum Gasteiger partial charge on any atom is 0.305 e. The van der Waals surface area contributed by atoms with E-state index in [0.29, 0.717) is 23.2 Å². The van der Waals surface area contributed by atoms with Gasteiger partial charge in [0.15, 0.2) is 0 Å². The lowest BCUT2D eigenvalue weighted by atomic mass is 9.88. The van der Waals surface area contributed by atoms with Gasteiger partial charge in [-0.25, -0.2) is 4.99 Å². The molecule has 1 unspecified atom stereocenters. The Hall–Kier alpha value is -4.34. The minimum absolute atomic E-state index is 0.210. The van der Waals surface area contributed by atoms with Crippen LogP contribution in [0.4, 0.5) is 5.69 Å². The third kappa shape index (κ3) is 6.31. The summed E-state index contributed by atoms with van der Waals surface area (Å²) in [6.07, 6.45) is 2.93. The van der Waals surface area contributed by atoms with Crippen LogP contribution in [0.3, 0.4) is 0 Å². The lowest BCUT2D eigenvalue weighted by Gasteiger charge is -2.27. The number of para-hydroxylation sites is 1. The summed E-state index contributed by atoms with van der Waals surface area (Å²) in [6, 6.07) is 15.0. The summed E-state index contributed by atoms with van der Waals surface area (Å²) in [5, 5.41) is 14.2. The maximum absolute atomic E-state index is 13.8. The second-order valence-electron chi connectivity index (χ2n) is 9.44. The standard InChI is InChI=1S/C28H30N4O6/c33-17-20(15-24(35)36)29-23(34)16-32-22-14-8-7-13-21(22)25(18-9-3-1-4-10-18)30-26(28(32)38)31-27(37)19-11-5-2-6-12-19/h1,3-4,7-10,13-14,17,19-20,26H,2,5-6,11-12,15-16H2,(H,29,34)(H,31,37)(H,35,36)/t20-,26?/m0/s1. The molecule has 10 nitrogen and oxygen atoms in total. The Labute approximate surface area is 220 Å². The number of nitrogens with one attached hydrogen (secondary N) is 2. The van der Waals surface area contributed by atoms with Crippen LogP contribution in [0.25, 0.3) is 0 Å².